The maximum atomic E-state index is 8.77. The van der Waals surface area contributed by atoms with Crippen LogP contribution in [0.3, 0.4) is 0 Å². The number of ether oxygens (including phenoxy) is 1. The normalized spacial score (nSPS) is 18.9. The molecule has 1 aliphatic heterocycles. The van der Waals surface area contributed by atoms with Gasteiger partial charge in [-0.1, -0.05) is 18.1 Å². The van der Waals surface area contributed by atoms with Gasteiger partial charge in [0.25, 0.3) is 0 Å². The average molecular weight is 278 g/mol. The molecule has 1 aromatic heterocycles. The first-order valence-electron chi connectivity index (χ1n) is 6.85. The third-order valence-electron chi connectivity index (χ3n) is 3.81. The SMILES string of the molecule is CC1(CNCc2cccnc2/C(N)=N/O)CCOCC1. The molecule has 0 radical (unpaired) electrons. The summed E-state index contributed by atoms with van der Waals surface area (Å²) in [6.07, 6.45) is 3.77. The van der Waals surface area contributed by atoms with Gasteiger partial charge in [0.2, 0.25) is 0 Å². The smallest absolute Gasteiger partial charge is 0.189 e. The molecule has 110 valence electrons. The summed E-state index contributed by atoms with van der Waals surface area (Å²) in [6.45, 7) is 5.51. The predicted molar refractivity (Wildman–Crippen MR) is 76.6 cm³/mol. The molecule has 2 heterocycles. The van der Waals surface area contributed by atoms with E-state index in [1.807, 2.05) is 12.1 Å². The molecule has 0 spiro atoms. The van der Waals surface area contributed by atoms with Gasteiger partial charge >= 0.3 is 0 Å². The lowest BCUT2D eigenvalue weighted by Gasteiger charge is -2.33. The highest BCUT2D eigenvalue weighted by Crippen LogP contribution is 2.28. The van der Waals surface area contributed by atoms with Crippen LogP contribution in [0.2, 0.25) is 0 Å². The van der Waals surface area contributed by atoms with Gasteiger partial charge in [-0.05, 0) is 29.9 Å². The second kappa shape index (κ2) is 6.67. The molecule has 4 N–H and O–H groups in total. The van der Waals surface area contributed by atoms with Gasteiger partial charge in [0.1, 0.15) is 5.69 Å². The van der Waals surface area contributed by atoms with Crippen molar-refractivity contribution in [3.8, 4) is 0 Å². The van der Waals surface area contributed by atoms with Gasteiger partial charge in [0.05, 0.1) is 0 Å². The van der Waals surface area contributed by atoms with Crippen LogP contribution >= 0.6 is 0 Å². The molecule has 0 atom stereocenters. The zero-order chi connectivity index (χ0) is 14.4. The van der Waals surface area contributed by atoms with Crippen molar-refractivity contribution in [3.05, 3.63) is 29.6 Å². The number of hydrogen-bond acceptors (Lipinski definition) is 5. The van der Waals surface area contributed by atoms with Crippen molar-refractivity contribution in [2.24, 2.45) is 16.3 Å². The second-order valence-electron chi connectivity index (χ2n) is 5.52. The summed E-state index contributed by atoms with van der Waals surface area (Å²) in [6, 6.07) is 3.78. The summed E-state index contributed by atoms with van der Waals surface area (Å²) >= 11 is 0. The Morgan fingerprint density at radius 1 is 1.55 bits per heavy atom. The number of nitrogens with two attached hydrogens (primary N) is 1. The van der Waals surface area contributed by atoms with E-state index in [-0.39, 0.29) is 11.3 Å². The van der Waals surface area contributed by atoms with Crippen molar-refractivity contribution in [1.82, 2.24) is 10.3 Å². The van der Waals surface area contributed by atoms with Crippen LogP contribution < -0.4 is 11.1 Å². The molecule has 1 saturated heterocycles. The molecule has 1 fully saturated rings. The fourth-order valence-electron chi connectivity index (χ4n) is 2.40. The average Bonchev–Trinajstić information content (AvgIpc) is 2.47. The fourth-order valence-corrected chi connectivity index (χ4v) is 2.40. The molecule has 0 unspecified atom stereocenters. The lowest BCUT2D eigenvalue weighted by atomic mass is 9.82. The molecule has 0 amide bonds. The molecule has 0 aliphatic carbocycles. The van der Waals surface area contributed by atoms with Crippen LogP contribution in [0.25, 0.3) is 0 Å². The van der Waals surface area contributed by atoms with Gasteiger partial charge in [0.15, 0.2) is 5.84 Å². The zero-order valence-corrected chi connectivity index (χ0v) is 11.8. The standard InChI is InChI=1S/C14H22N4O2/c1-14(4-7-20-8-5-14)10-16-9-11-3-2-6-17-12(11)13(15)18-19/h2-3,6,16,19H,4-5,7-10H2,1H3,(H2,15,18). The van der Waals surface area contributed by atoms with Gasteiger partial charge in [-0.2, -0.15) is 0 Å². The van der Waals surface area contributed by atoms with Crippen molar-refractivity contribution >= 4 is 5.84 Å². The van der Waals surface area contributed by atoms with Gasteiger partial charge in [-0.15, -0.1) is 0 Å². The fraction of sp³-hybridized carbons (Fsp3) is 0.571. The molecule has 0 aromatic carbocycles. The van der Waals surface area contributed by atoms with E-state index < -0.39 is 0 Å². The Kier molecular flexibility index (Phi) is 4.92. The minimum atomic E-state index is 0.0414. The second-order valence-corrected chi connectivity index (χ2v) is 5.52. The summed E-state index contributed by atoms with van der Waals surface area (Å²) < 4.78 is 5.40. The Bertz CT molecular complexity index is 470. The minimum Gasteiger partial charge on any atom is -0.409 e. The van der Waals surface area contributed by atoms with Gasteiger partial charge in [-0.3, -0.25) is 4.98 Å². The van der Waals surface area contributed by atoms with E-state index in [2.05, 4.69) is 22.4 Å². The number of nitrogens with zero attached hydrogens (tertiary/aromatic N) is 2. The summed E-state index contributed by atoms with van der Waals surface area (Å²) in [4.78, 5) is 4.16. The van der Waals surface area contributed by atoms with Gasteiger partial charge in [0, 0.05) is 32.5 Å². The Balaban J connectivity index is 1.94. The highest BCUT2D eigenvalue weighted by molar-refractivity contribution is 5.96. The number of amidine groups is 1. The molecule has 2 rings (SSSR count). The van der Waals surface area contributed by atoms with Crippen molar-refractivity contribution in [3.63, 3.8) is 0 Å². The van der Waals surface area contributed by atoms with Crippen molar-refractivity contribution in [2.45, 2.75) is 26.3 Å². The van der Waals surface area contributed by atoms with E-state index in [1.165, 1.54) is 0 Å². The third-order valence-corrected chi connectivity index (χ3v) is 3.81. The predicted octanol–water partition coefficient (Wildman–Crippen LogP) is 1.08. The van der Waals surface area contributed by atoms with Crippen molar-refractivity contribution in [2.75, 3.05) is 19.8 Å². The largest absolute Gasteiger partial charge is 0.409 e. The molecule has 20 heavy (non-hydrogen) atoms. The van der Waals surface area contributed by atoms with Crippen LogP contribution in [0.4, 0.5) is 0 Å². The Labute approximate surface area is 119 Å². The van der Waals surface area contributed by atoms with Crippen molar-refractivity contribution < 1.29 is 9.94 Å². The lowest BCUT2D eigenvalue weighted by Crippen LogP contribution is -2.36. The van der Waals surface area contributed by atoms with Gasteiger partial charge in [-0.25, -0.2) is 0 Å². The van der Waals surface area contributed by atoms with E-state index >= 15 is 0 Å². The van der Waals surface area contributed by atoms with E-state index in [0.717, 1.165) is 38.2 Å². The number of pyridine rings is 1. The summed E-state index contributed by atoms with van der Waals surface area (Å²) in [5, 5.41) is 15.2. The van der Waals surface area contributed by atoms with Crippen molar-refractivity contribution in [1.29, 1.82) is 0 Å². The van der Waals surface area contributed by atoms with Crippen LogP contribution in [0.5, 0.6) is 0 Å². The first-order chi connectivity index (χ1) is 9.64. The number of nitrogens with one attached hydrogen (secondary N) is 1. The molecular weight excluding hydrogens is 256 g/mol. The Morgan fingerprint density at radius 3 is 3.00 bits per heavy atom. The molecule has 0 saturated carbocycles. The van der Waals surface area contributed by atoms with E-state index in [1.54, 1.807) is 6.20 Å². The monoisotopic (exact) mass is 278 g/mol. The van der Waals surface area contributed by atoms with Crippen LogP contribution in [0, 0.1) is 5.41 Å². The van der Waals surface area contributed by atoms with Crippen LogP contribution in [0.1, 0.15) is 31.0 Å². The van der Waals surface area contributed by atoms with Gasteiger partial charge < -0.3 is 21.0 Å². The minimum absolute atomic E-state index is 0.0414. The highest BCUT2D eigenvalue weighted by Gasteiger charge is 2.26. The number of aromatic nitrogens is 1. The maximum absolute atomic E-state index is 8.77. The zero-order valence-electron chi connectivity index (χ0n) is 11.8. The molecule has 1 aliphatic rings. The molecule has 1 aromatic rings. The number of rotatable bonds is 5. The molecule has 6 nitrogen and oxygen atoms in total. The summed E-state index contributed by atoms with van der Waals surface area (Å²) in [5.74, 6) is 0.0414. The molecular formula is C14H22N4O2. The van der Waals surface area contributed by atoms with E-state index in [0.29, 0.717) is 12.2 Å². The van der Waals surface area contributed by atoms with Crippen LogP contribution in [0.15, 0.2) is 23.5 Å². The first-order valence-corrected chi connectivity index (χ1v) is 6.85. The maximum Gasteiger partial charge on any atom is 0.189 e. The lowest BCUT2D eigenvalue weighted by molar-refractivity contribution is 0.0240. The van der Waals surface area contributed by atoms with E-state index in [4.69, 9.17) is 15.7 Å². The summed E-state index contributed by atoms with van der Waals surface area (Å²) in [5.41, 5.74) is 7.36. The first kappa shape index (κ1) is 14.7. The van der Waals surface area contributed by atoms with E-state index in [9.17, 15) is 0 Å². The van der Waals surface area contributed by atoms with Crippen LogP contribution in [-0.2, 0) is 11.3 Å². The molecule has 6 heteroatoms. The third kappa shape index (κ3) is 3.68. The number of hydrogen-bond donors (Lipinski definition) is 3. The highest BCUT2D eigenvalue weighted by atomic mass is 16.5. The topological polar surface area (TPSA) is 92.8 Å². The number of oxime groups is 1. The Hall–Kier alpha value is -1.66. The quantitative estimate of drug-likeness (QED) is 0.324. The molecule has 0 bridgehead atoms. The summed E-state index contributed by atoms with van der Waals surface area (Å²) in [7, 11) is 0. The van der Waals surface area contributed by atoms with Crippen LogP contribution in [-0.4, -0.2) is 35.8 Å². The Morgan fingerprint density at radius 2 is 2.30 bits per heavy atom.